The first-order valence-electron chi connectivity index (χ1n) is 9.79. The maximum absolute atomic E-state index is 12.9. The predicted octanol–water partition coefficient (Wildman–Crippen LogP) is 4.32. The number of nitrogens with one attached hydrogen (secondary N) is 1. The van der Waals surface area contributed by atoms with Gasteiger partial charge in [0.15, 0.2) is 0 Å². The van der Waals surface area contributed by atoms with Crippen LogP contribution in [0.4, 0.5) is 5.69 Å². The molecule has 154 valence electrons. The molecule has 3 heterocycles. The van der Waals surface area contributed by atoms with Crippen molar-refractivity contribution in [2.45, 2.75) is 26.9 Å². The summed E-state index contributed by atoms with van der Waals surface area (Å²) >= 11 is 0. The molecule has 1 aromatic carbocycles. The molecular formula is C23H24N4O3. The van der Waals surface area contributed by atoms with Crippen LogP contribution in [0.15, 0.2) is 76.0 Å². The summed E-state index contributed by atoms with van der Waals surface area (Å²) < 4.78 is 12.8. The molecule has 4 aromatic rings. The second kappa shape index (κ2) is 8.84. The minimum Gasteiger partial charge on any atom is -0.468 e. The van der Waals surface area contributed by atoms with Gasteiger partial charge in [0.2, 0.25) is 5.91 Å². The molecule has 7 heteroatoms. The van der Waals surface area contributed by atoms with Crippen LogP contribution >= 0.6 is 0 Å². The number of amides is 1. The fourth-order valence-corrected chi connectivity index (χ4v) is 3.44. The van der Waals surface area contributed by atoms with E-state index in [1.807, 2.05) is 78.0 Å². The molecule has 0 atom stereocenters. The van der Waals surface area contributed by atoms with Gasteiger partial charge in [-0.05, 0) is 50.2 Å². The van der Waals surface area contributed by atoms with E-state index in [1.54, 1.807) is 12.5 Å². The number of hydrogen-bond donors (Lipinski definition) is 1. The third kappa shape index (κ3) is 4.52. The first-order chi connectivity index (χ1) is 14.6. The summed E-state index contributed by atoms with van der Waals surface area (Å²) in [5.41, 5.74) is 3.35. The van der Waals surface area contributed by atoms with Gasteiger partial charge in [-0.1, -0.05) is 18.2 Å². The summed E-state index contributed by atoms with van der Waals surface area (Å²) in [6, 6.07) is 17.3. The zero-order chi connectivity index (χ0) is 20.9. The summed E-state index contributed by atoms with van der Waals surface area (Å²) in [6.45, 7) is 5.04. The fourth-order valence-electron chi connectivity index (χ4n) is 3.44. The van der Waals surface area contributed by atoms with E-state index in [0.717, 1.165) is 34.3 Å². The Kier molecular flexibility index (Phi) is 5.81. The molecule has 30 heavy (non-hydrogen) atoms. The highest BCUT2D eigenvalue weighted by molar-refractivity contribution is 5.93. The highest BCUT2D eigenvalue weighted by Gasteiger charge is 2.19. The van der Waals surface area contributed by atoms with Crippen LogP contribution in [-0.2, 0) is 17.9 Å². The lowest BCUT2D eigenvalue weighted by molar-refractivity contribution is -0.117. The number of anilines is 1. The minimum atomic E-state index is -0.119. The van der Waals surface area contributed by atoms with Crippen molar-refractivity contribution in [3.8, 4) is 5.69 Å². The SMILES string of the molecule is Cc1nn(-c2ccccc2)c(C)c1NC(=O)CN(Cc1ccco1)Cc1ccco1. The van der Waals surface area contributed by atoms with Gasteiger partial charge in [-0.15, -0.1) is 0 Å². The lowest BCUT2D eigenvalue weighted by Gasteiger charge is -2.19. The van der Waals surface area contributed by atoms with Crippen molar-refractivity contribution in [1.29, 1.82) is 0 Å². The Morgan fingerprint density at radius 3 is 2.17 bits per heavy atom. The predicted molar refractivity (Wildman–Crippen MR) is 113 cm³/mol. The van der Waals surface area contributed by atoms with Crippen molar-refractivity contribution < 1.29 is 13.6 Å². The highest BCUT2D eigenvalue weighted by Crippen LogP contribution is 2.23. The molecule has 0 spiro atoms. The Labute approximate surface area is 174 Å². The Hall–Kier alpha value is -3.58. The van der Waals surface area contributed by atoms with Crippen LogP contribution in [0.5, 0.6) is 0 Å². The number of benzene rings is 1. The number of carbonyl (C=O) groups is 1. The molecule has 0 aliphatic heterocycles. The zero-order valence-electron chi connectivity index (χ0n) is 17.0. The second-order valence-corrected chi connectivity index (χ2v) is 7.15. The molecule has 0 saturated carbocycles. The van der Waals surface area contributed by atoms with E-state index in [2.05, 4.69) is 10.4 Å². The van der Waals surface area contributed by atoms with Crippen LogP contribution in [0.2, 0.25) is 0 Å². The van der Waals surface area contributed by atoms with Crippen molar-refractivity contribution in [2.24, 2.45) is 0 Å². The molecule has 1 N–H and O–H groups in total. The zero-order valence-corrected chi connectivity index (χ0v) is 17.0. The number of rotatable bonds is 8. The smallest absolute Gasteiger partial charge is 0.238 e. The number of para-hydroxylation sites is 1. The monoisotopic (exact) mass is 404 g/mol. The topological polar surface area (TPSA) is 76.4 Å². The maximum atomic E-state index is 12.9. The van der Waals surface area contributed by atoms with Gasteiger partial charge >= 0.3 is 0 Å². The lowest BCUT2D eigenvalue weighted by atomic mass is 10.2. The van der Waals surface area contributed by atoms with Gasteiger partial charge in [0.05, 0.1) is 54.9 Å². The van der Waals surface area contributed by atoms with Crippen LogP contribution in [0, 0.1) is 13.8 Å². The lowest BCUT2D eigenvalue weighted by Crippen LogP contribution is -2.32. The Morgan fingerprint density at radius 1 is 0.967 bits per heavy atom. The number of hydrogen-bond acceptors (Lipinski definition) is 5. The van der Waals surface area contributed by atoms with Crippen LogP contribution in [0.25, 0.3) is 5.69 Å². The number of carbonyl (C=O) groups excluding carboxylic acids is 1. The molecule has 0 saturated heterocycles. The molecule has 1 amide bonds. The van der Waals surface area contributed by atoms with Gasteiger partial charge < -0.3 is 14.2 Å². The quantitative estimate of drug-likeness (QED) is 0.473. The minimum absolute atomic E-state index is 0.119. The molecular weight excluding hydrogens is 380 g/mol. The largest absolute Gasteiger partial charge is 0.468 e. The Morgan fingerprint density at radius 2 is 1.60 bits per heavy atom. The summed E-state index contributed by atoms with van der Waals surface area (Å²) in [6.07, 6.45) is 3.26. The Balaban J connectivity index is 1.48. The van der Waals surface area contributed by atoms with E-state index >= 15 is 0 Å². The average Bonchev–Trinajstić information content (AvgIpc) is 3.49. The molecule has 0 radical (unpaired) electrons. The third-order valence-corrected chi connectivity index (χ3v) is 4.84. The number of aryl methyl sites for hydroxylation is 1. The molecule has 0 aliphatic rings. The first kappa shape index (κ1) is 19.7. The van der Waals surface area contributed by atoms with Crippen LogP contribution < -0.4 is 5.32 Å². The van der Waals surface area contributed by atoms with Crippen molar-refractivity contribution in [3.05, 3.63) is 90.0 Å². The molecule has 0 bridgehead atoms. The van der Waals surface area contributed by atoms with E-state index in [4.69, 9.17) is 8.83 Å². The van der Waals surface area contributed by atoms with Gasteiger partial charge in [-0.25, -0.2) is 4.68 Å². The number of aromatic nitrogens is 2. The van der Waals surface area contributed by atoms with Crippen LogP contribution in [0.3, 0.4) is 0 Å². The van der Waals surface area contributed by atoms with Crippen LogP contribution in [0.1, 0.15) is 22.9 Å². The van der Waals surface area contributed by atoms with Gasteiger partial charge in [0.1, 0.15) is 11.5 Å². The van der Waals surface area contributed by atoms with Gasteiger partial charge in [0.25, 0.3) is 0 Å². The summed E-state index contributed by atoms with van der Waals surface area (Å²) in [5.74, 6) is 1.46. The first-order valence-corrected chi connectivity index (χ1v) is 9.79. The highest BCUT2D eigenvalue weighted by atomic mass is 16.3. The van der Waals surface area contributed by atoms with Crippen molar-refractivity contribution in [3.63, 3.8) is 0 Å². The molecule has 7 nitrogen and oxygen atoms in total. The molecule has 0 aliphatic carbocycles. The summed E-state index contributed by atoms with van der Waals surface area (Å²) in [7, 11) is 0. The van der Waals surface area contributed by atoms with E-state index in [-0.39, 0.29) is 12.5 Å². The molecule has 4 rings (SSSR count). The summed E-state index contributed by atoms with van der Waals surface area (Å²) in [5, 5.41) is 7.63. The molecule has 0 fully saturated rings. The summed E-state index contributed by atoms with van der Waals surface area (Å²) in [4.78, 5) is 14.9. The van der Waals surface area contributed by atoms with Crippen molar-refractivity contribution >= 4 is 11.6 Å². The number of furan rings is 2. The normalized spacial score (nSPS) is 11.2. The van der Waals surface area contributed by atoms with Gasteiger partial charge in [-0.3, -0.25) is 9.69 Å². The van der Waals surface area contributed by atoms with Gasteiger partial charge in [0, 0.05) is 0 Å². The van der Waals surface area contributed by atoms with Crippen LogP contribution in [-0.4, -0.2) is 27.1 Å². The van der Waals surface area contributed by atoms with Crippen molar-refractivity contribution in [1.82, 2.24) is 14.7 Å². The van der Waals surface area contributed by atoms with Crippen molar-refractivity contribution in [2.75, 3.05) is 11.9 Å². The standard InChI is InChI=1S/C23H24N4O3/c1-17-23(18(2)27(25-17)19-8-4-3-5-9-19)24-22(28)16-26(14-20-10-6-12-29-20)15-21-11-7-13-30-21/h3-13H,14-16H2,1-2H3,(H,24,28). The van der Waals surface area contributed by atoms with E-state index in [9.17, 15) is 4.79 Å². The fraction of sp³-hybridized carbons (Fsp3) is 0.217. The van der Waals surface area contributed by atoms with E-state index in [0.29, 0.717) is 13.1 Å². The van der Waals surface area contributed by atoms with E-state index < -0.39 is 0 Å². The van der Waals surface area contributed by atoms with E-state index in [1.165, 1.54) is 0 Å². The maximum Gasteiger partial charge on any atom is 0.238 e. The molecule has 3 aromatic heterocycles. The second-order valence-electron chi connectivity index (χ2n) is 7.15. The Bertz CT molecular complexity index is 1050. The average molecular weight is 404 g/mol. The third-order valence-electron chi connectivity index (χ3n) is 4.84. The number of nitrogens with zero attached hydrogens (tertiary/aromatic N) is 3. The molecule has 0 unspecified atom stereocenters. The van der Waals surface area contributed by atoms with Gasteiger partial charge in [-0.2, -0.15) is 5.10 Å².